The summed E-state index contributed by atoms with van der Waals surface area (Å²) in [7, 11) is 4.04. The van der Waals surface area contributed by atoms with Crippen LogP contribution in [0.25, 0.3) is 0 Å². The summed E-state index contributed by atoms with van der Waals surface area (Å²) >= 11 is 1.83. The average Bonchev–Trinajstić information content (AvgIpc) is 2.77. The van der Waals surface area contributed by atoms with Gasteiger partial charge in [-0.3, -0.25) is 4.79 Å². The number of nitrogens with zero attached hydrogens (tertiary/aromatic N) is 1. The van der Waals surface area contributed by atoms with Gasteiger partial charge in [0.05, 0.1) is 16.0 Å². The second kappa shape index (κ2) is 8.44. The lowest BCUT2D eigenvalue weighted by Crippen LogP contribution is -2.60. The molecule has 1 N–H and O–H groups in total. The molecule has 1 fully saturated rings. The van der Waals surface area contributed by atoms with Crippen molar-refractivity contribution in [3.8, 4) is 0 Å². The first kappa shape index (κ1) is 19.7. The minimum absolute atomic E-state index is 0.0227. The molecule has 29 heavy (non-hydrogen) atoms. The summed E-state index contributed by atoms with van der Waals surface area (Å²) < 4.78 is -0.410. The van der Waals surface area contributed by atoms with Crippen LogP contribution in [0, 0.1) is 5.92 Å². The van der Waals surface area contributed by atoms with Gasteiger partial charge in [0, 0.05) is 6.54 Å². The number of benzene rings is 3. The molecule has 2 unspecified atom stereocenters. The minimum Gasteiger partial charge on any atom is -0.343 e. The van der Waals surface area contributed by atoms with Gasteiger partial charge >= 0.3 is 0 Å². The van der Waals surface area contributed by atoms with Crippen molar-refractivity contribution >= 4 is 17.7 Å². The molecule has 0 spiro atoms. The van der Waals surface area contributed by atoms with E-state index in [1.54, 1.807) is 0 Å². The lowest BCUT2D eigenvalue weighted by molar-refractivity contribution is -0.132. The van der Waals surface area contributed by atoms with E-state index in [-0.39, 0.29) is 17.2 Å². The maximum absolute atomic E-state index is 12.3. The molecule has 2 atom stereocenters. The number of β-lactam (4-membered cyclic amide) rings is 1. The third-order valence-corrected chi connectivity index (χ3v) is 7.15. The largest absolute Gasteiger partial charge is 0.343 e. The van der Waals surface area contributed by atoms with Gasteiger partial charge in [0.25, 0.3) is 0 Å². The number of hydrogen-bond acceptors (Lipinski definition) is 3. The van der Waals surface area contributed by atoms with Crippen LogP contribution in [0.5, 0.6) is 0 Å². The van der Waals surface area contributed by atoms with Gasteiger partial charge in [-0.05, 0) is 30.8 Å². The Labute approximate surface area is 177 Å². The Hall–Kier alpha value is -2.56. The molecule has 4 heteroatoms. The second-order valence-corrected chi connectivity index (χ2v) is 9.05. The summed E-state index contributed by atoms with van der Waals surface area (Å²) in [6.07, 6.45) is 0. The minimum atomic E-state index is -0.410. The Bertz CT molecular complexity index is 848. The highest BCUT2D eigenvalue weighted by atomic mass is 32.2. The standard InChI is InChI=1S/C25H26N2OS/c1-27(2)18-22-23(28)26-24(22)29-25(19-12-6-3-7-13-19,20-14-8-4-9-15-20)21-16-10-5-11-17-21/h3-17,22,24H,18H2,1-2H3,(H,26,28). The molecule has 1 heterocycles. The number of hydrogen-bond donors (Lipinski definition) is 1. The molecule has 1 amide bonds. The predicted octanol–water partition coefficient (Wildman–Crippen LogP) is 4.35. The highest BCUT2D eigenvalue weighted by Crippen LogP contribution is 2.52. The predicted molar refractivity (Wildman–Crippen MR) is 121 cm³/mol. The van der Waals surface area contributed by atoms with Crippen molar-refractivity contribution in [2.45, 2.75) is 10.1 Å². The lowest BCUT2D eigenvalue weighted by atomic mass is 9.84. The van der Waals surface area contributed by atoms with Crippen LogP contribution in [0.1, 0.15) is 16.7 Å². The van der Waals surface area contributed by atoms with Gasteiger partial charge in [-0.15, -0.1) is 11.8 Å². The number of carbonyl (C=O) groups excluding carboxylic acids is 1. The van der Waals surface area contributed by atoms with Crippen LogP contribution in [0.3, 0.4) is 0 Å². The number of amides is 1. The molecule has 3 nitrogen and oxygen atoms in total. The van der Waals surface area contributed by atoms with E-state index in [1.807, 2.05) is 25.9 Å². The monoisotopic (exact) mass is 402 g/mol. The van der Waals surface area contributed by atoms with E-state index in [9.17, 15) is 4.79 Å². The molecule has 0 saturated carbocycles. The van der Waals surface area contributed by atoms with Crippen LogP contribution < -0.4 is 5.32 Å². The Morgan fingerprint density at radius 2 is 1.21 bits per heavy atom. The van der Waals surface area contributed by atoms with Crippen molar-refractivity contribution in [1.82, 2.24) is 10.2 Å². The second-order valence-electron chi connectivity index (χ2n) is 7.70. The fraction of sp³-hybridized carbons (Fsp3) is 0.240. The van der Waals surface area contributed by atoms with E-state index in [1.165, 1.54) is 16.7 Å². The quantitative estimate of drug-likeness (QED) is 0.471. The maximum Gasteiger partial charge on any atom is 0.228 e. The van der Waals surface area contributed by atoms with Crippen LogP contribution in [-0.4, -0.2) is 36.8 Å². The van der Waals surface area contributed by atoms with Crippen molar-refractivity contribution < 1.29 is 4.79 Å². The van der Waals surface area contributed by atoms with Gasteiger partial charge in [-0.1, -0.05) is 91.0 Å². The molecule has 1 saturated heterocycles. The van der Waals surface area contributed by atoms with Crippen LogP contribution in [0.2, 0.25) is 0 Å². The summed E-state index contributed by atoms with van der Waals surface area (Å²) in [4.78, 5) is 14.4. The number of nitrogens with one attached hydrogen (secondary N) is 1. The lowest BCUT2D eigenvalue weighted by Gasteiger charge is -2.45. The third-order valence-electron chi connectivity index (χ3n) is 5.39. The van der Waals surface area contributed by atoms with Gasteiger partial charge in [0.2, 0.25) is 5.91 Å². The first-order valence-corrected chi connectivity index (χ1v) is 10.8. The molecule has 148 valence electrons. The van der Waals surface area contributed by atoms with Gasteiger partial charge in [-0.2, -0.15) is 0 Å². The highest BCUT2D eigenvalue weighted by Gasteiger charge is 2.47. The highest BCUT2D eigenvalue weighted by molar-refractivity contribution is 8.01. The summed E-state index contributed by atoms with van der Waals surface area (Å²) in [6, 6.07) is 31.8. The molecule has 0 aliphatic carbocycles. The van der Waals surface area contributed by atoms with Crippen molar-refractivity contribution in [3.63, 3.8) is 0 Å². The van der Waals surface area contributed by atoms with E-state index in [0.29, 0.717) is 0 Å². The molecule has 0 aromatic heterocycles. The molecule has 1 aliphatic rings. The molecule has 3 aromatic carbocycles. The fourth-order valence-electron chi connectivity index (χ4n) is 3.99. The molecular weight excluding hydrogens is 376 g/mol. The zero-order chi connectivity index (χ0) is 20.3. The number of thioether (sulfide) groups is 1. The Morgan fingerprint density at radius 1 is 0.793 bits per heavy atom. The Morgan fingerprint density at radius 3 is 1.55 bits per heavy atom. The molecule has 0 radical (unpaired) electrons. The molecule has 0 bridgehead atoms. The van der Waals surface area contributed by atoms with Gasteiger partial charge in [0.15, 0.2) is 0 Å². The van der Waals surface area contributed by atoms with Gasteiger partial charge in [0.1, 0.15) is 0 Å². The Kier molecular flexibility index (Phi) is 5.74. The number of carbonyl (C=O) groups is 1. The number of rotatable bonds is 7. The van der Waals surface area contributed by atoms with Crippen LogP contribution in [-0.2, 0) is 9.54 Å². The summed E-state index contributed by atoms with van der Waals surface area (Å²) in [5.74, 6) is 0.116. The van der Waals surface area contributed by atoms with Crippen LogP contribution in [0.15, 0.2) is 91.0 Å². The summed E-state index contributed by atoms with van der Waals surface area (Å²) in [6.45, 7) is 0.748. The van der Waals surface area contributed by atoms with E-state index in [2.05, 4.69) is 101 Å². The molecule has 1 aliphatic heterocycles. The van der Waals surface area contributed by atoms with Gasteiger partial charge in [-0.25, -0.2) is 0 Å². The first-order valence-electron chi connectivity index (χ1n) is 9.91. The topological polar surface area (TPSA) is 32.3 Å². The summed E-state index contributed by atoms with van der Waals surface area (Å²) in [5.41, 5.74) is 3.64. The van der Waals surface area contributed by atoms with E-state index in [4.69, 9.17) is 0 Å². The van der Waals surface area contributed by atoms with E-state index in [0.717, 1.165) is 6.54 Å². The first-order chi connectivity index (χ1) is 14.1. The van der Waals surface area contributed by atoms with Gasteiger partial charge < -0.3 is 10.2 Å². The SMILES string of the molecule is CN(C)CC1C(=O)NC1SC(c1ccccc1)(c1ccccc1)c1ccccc1. The third kappa shape index (κ3) is 3.83. The van der Waals surface area contributed by atoms with Crippen LogP contribution >= 0.6 is 11.8 Å². The normalized spacial score (nSPS) is 18.9. The average molecular weight is 403 g/mol. The zero-order valence-corrected chi connectivity index (χ0v) is 17.6. The van der Waals surface area contributed by atoms with Crippen molar-refractivity contribution in [2.75, 3.05) is 20.6 Å². The molecular formula is C25H26N2OS. The summed E-state index contributed by atoms with van der Waals surface area (Å²) in [5, 5.41) is 3.21. The van der Waals surface area contributed by atoms with Crippen molar-refractivity contribution in [1.29, 1.82) is 0 Å². The zero-order valence-electron chi connectivity index (χ0n) is 16.8. The van der Waals surface area contributed by atoms with Crippen molar-refractivity contribution in [2.24, 2.45) is 5.92 Å². The van der Waals surface area contributed by atoms with E-state index < -0.39 is 4.75 Å². The van der Waals surface area contributed by atoms with Crippen LogP contribution in [0.4, 0.5) is 0 Å². The van der Waals surface area contributed by atoms with E-state index >= 15 is 0 Å². The molecule has 4 rings (SSSR count). The maximum atomic E-state index is 12.3. The smallest absolute Gasteiger partial charge is 0.228 e. The Balaban J connectivity index is 1.86. The fourth-order valence-corrected chi connectivity index (χ4v) is 5.73. The molecule has 3 aromatic rings. The van der Waals surface area contributed by atoms with Crippen molar-refractivity contribution in [3.05, 3.63) is 108 Å².